The number of hydrogen-bond donors (Lipinski definition) is 3. The van der Waals surface area contributed by atoms with Gasteiger partial charge in [0.15, 0.2) is 0 Å². The van der Waals surface area contributed by atoms with Gasteiger partial charge in [-0.25, -0.2) is 4.79 Å². The lowest BCUT2D eigenvalue weighted by atomic mass is 9.80. The van der Waals surface area contributed by atoms with Crippen molar-refractivity contribution in [3.8, 4) is 0 Å². The Morgan fingerprint density at radius 1 is 1.39 bits per heavy atom. The van der Waals surface area contributed by atoms with Crippen LogP contribution in [0, 0.1) is 5.41 Å². The third-order valence-electron chi connectivity index (χ3n) is 3.48. The first-order valence-corrected chi connectivity index (χ1v) is 6.35. The van der Waals surface area contributed by atoms with Gasteiger partial charge in [0.1, 0.15) is 0 Å². The van der Waals surface area contributed by atoms with Gasteiger partial charge in [-0.1, -0.05) is 6.92 Å². The van der Waals surface area contributed by atoms with Crippen molar-refractivity contribution in [2.24, 2.45) is 5.41 Å². The van der Waals surface area contributed by atoms with E-state index in [4.69, 9.17) is 4.74 Å². The molecule has 0 aromatic carbocycles. The largest absolute Gasteiger partial charge is 0.481 e. The van der Waals surface area contributed by atoms with Crippen molar-refractivity contribution in [3.05, 3.63) is 0 Å². The third-order valence-corrected chi connectivity index (χ3v) is 3.48. The molecule has 0 saturated carbocycles. The smallest absolute Gasteiger partial charge is 0.315 e. The van der Waals surface area contributed by atoms with Crippen LogP contribution in [0.5, 0.6) is 0 Å². The standard InChI is InChI=1S/C12H22N2O4/c1-3-9(2)14-11(17)13-8-12(10(15)16)4-6-18-7-5-12/h9H,3-8H2,1-2H3,(H,15,16)(H2,13,14,17). The lowest BCUT2D eigenvalue weighted by molar-refractivity contribution is -0.154. The highest BCUT2D eigenvalue weighted by atomic mass is 16.5. The molecule has 104 valence electrons. The molecule has 2 amide bonds. The Kier molecular flexibility index (Phi) is 5.40. The van der Waals surface area contributed by atoms with Gasteiger partial charge in [-0.3, -0.25) is 4.79 Å². The van der Waals surface area contributed by atoms with E-state index in [2.05, 4.69) is 10.6 Å². The Bertz CT molecular complexity index is 300. The predicted octanol–water partition coefficient (Wildman–Crippen LogP) is 0.965. The highest BCUT2D eigenvalue weighted by Gasteiger charge is 2.40. The van der Waals surface area contributed by atoms with Crippen LogP contribution in [0.15, 0.2) is 0 Å². The van der Waals surface area contributed by atoms with Crippen LogP contribution < -0.4 is 10.6 Å². The Morgan fingerprint density at radius 3 is 2.50 bits per heavy atom. The molecule has 1 saturated heterocycles. The van der Waals surface area contributed by atoms with Gasteiger partial charge in [0.05, 0.1) is 5.41 Å². The predicted molar refractivity (Wildman–Crippen MR) is 66.4 cm³/mol. The van der Waals surface area contributed by atoms with Crippen molar-refractivity contribution in [2.45, 2.75) is 39.2 Å². The van der Waals surface area contributed by atoms with E-state index in [9.17, 15) is 14.7 Å². The van der Waals surface area contributed by atoms with E-state index in [0.29, 0.717) is 26.1 Å². The molecule has 6 nitrogen and oxygen atoms in total. The van der Waals surface area contributed by atoms with Crippen molar-refractivity contribution in [2.75, 3.05) is 19.8 Å². The summed E-state index contributed by atoms with van der Waals surface area (Å²) in [5.41, 5.74) is -0.884. The van der Waals surface area contributed by atoms with Crippen LogP contribution in [0.4, 0.5) is 4.79 Å². The van der Waals surface area contributed by atoms with Gasteiger partial charge < -0.3 is 20.5 Å². The van der Waals surface area contributed by atoms with Gasteiger partial charge in [0.2, 0.25) is 0 Å². The van der Waals surface area contributed by atoms with E-state index in [-0.39, 0.29) is 18.6 Å². The van der Waals surface area contributed by atoms with Crippen LogP contribution in [0.2, 0.25) is 0 Å². The van der Waals surface area contributed by atoms with Crippen LogP contribution in [0.1, 0.15) is 33.1 Å². The van der Waals surface area contributed by atoms with Crippen molar-refractivity contribution in [1.82, 2.24) is 10.6 Å². The molecule has 3 N–H and O–H groups in total. The second-order valence-corrected chi connectivity index (χ2v) is 4.83. The van der Waals surface area contributed by atoms with E-state index >= 15 is 0 Å². The number of aliphatic carboxylic acids is 1. The number of rotatable bonds is 5. The molecule has 18 heavy (non-hydrogen) atoms. The van der Waals surface area contributed by atoms with Crippen molar-refractivity contribution >= 4 is 12.0 Å². The van der Waals surface area contributed by atoms with Gasteiger partial charge in [0.25, 0.3) is 0 Å². The SMILES string of the molecule is CCC(C)NC(=O)NCC1(C(=O)O)CCOCC1. The molecule has 0 spiro atoms. The number of ether oxygens (including phenoxy) is 1. The van der Waals surface area contributed by atoms with Gasteiger partial charge >= 0.3 is 12.0 Å². The molecule has 0 aromatic heterocycles. The van der Waals surface area contributed by atoms with Gasteiger partial charge in [-0.2, -0.15) is 0 Å². The van der Waals surface area contributed by atoms with Crippen LogP contribution in [0.25, 0.3) is 0 Å². The number of carbonyl (C=O) groups is 2. The van der Waals surface area contributed by atoms with Crippen LogP contribution in [0.3, 0.4) is 0 Å². The maximum atomic E-state index is 11.6. The lowest BCUT2D eigenvalue weighted by Crippen LogP contribution is -2.50. The molecule has 6 heteroatoms. The summed E-state index contributed by atoms with van der Waals surface area (Å²) in [5.74, 6) is -0.866. The van der Waals surface area contributed by atoms with E-state index in [1.165, 1.54) is 0 Å². The number of urea groups is 1. The molecule has 0 aromatic rings. The number of carbonyl (C=O) groups excluding carboxylic acids is 1. The molecule has 1 aliphatic rings. The Morgan fingerprint density at radius 2 is 2.00 bits per heavy atom. The summed E-state index contributed by atoms with van der Waals surface area (Å²) in [6.07, 6.45) is 1.71. The molecule has 0 bridgehead atoms. The average molecular weight is 258 g/mol. The first-order chi connectivity index (χ1) is 8.50. The van der Waals surface area contributed by atoms with Crippen molar-refractivity contribution in [3.63, 3.8) is 0 Å². The summed E-state index contributed by atoms with van der Waals surface area (Å²) >= 11 is 0. The zero-order valence-corrected chi connectivity index (χ0v) is 11.0. The van der Waals surface area contributed by atoms with E-state index in [1.807, 2.05) is 13.8 Å². The third kappa shape index (κ3) is 3.87. The zero-order valence-electron chi connectivity index (χ0n) is 11.0. The second-order valence-electron chi connectivity index (χ2n) is 4.83. The van der Waals surface area contributed by atoms with E-state index in [1.54, 1.807) is 0 Å². The fourth-order valence-corrected chi connectivity index (χ4v) is 1.85. The molecule has 0 radical (unpaired) electrons. The van der Waals surface area contributed by atoms with Gasteiger partial charge in [-0.15, -0.1) is 0 Å². The summed E-state index contributed by atoms with van der Waals surface area (Å²) in [6, 6.07) is -0.225. The number of carboxylic acid groups (broad SMARTS) is 1. The zero-order chi connectivity index (χ0) is 13.6. The molecular weight excluding hydrogens is 236 g/mol. The average Bonchev–Trinajstić information content (AvgIpc) is 2.37. The summed E-state index contributed by atoms with van der Waals surface area (Å²) in [7, 11) is 0. The first-order valence-electron chi connectivity index (χ1n) is 6.35. The molecule has 0 aliphatic carbocycles. The van der Waals surface area contributed by atoms with Crippen molar-refractivity contribution in [1.29, 1.82) is 0 Å². The number of nitrogens with one attached hydrogen (secondary N) is 2. The van der Waals surface area contributed by atoms with Crippen LogP contribution in [-0.2, 0) is 9.53 Å². The first kappa shape index (κ1) is 14.8. The Balaban J connectivity index is 2.47. The highest BCUT2D eigenvalue weighted by Crippen LogP contribution is 2.29. The lowest BCUT2D eigenvalue weighted by Gasteiger charge is -2.33. The monoisotopic (exact) mass is 258 g/mol. The van der Waals surface area contributed by atoms with E-state index < -0.39 is 11.4 Å². The molecular formula is C12H22N2O4. The summed E-state index contributed by atoms with van der Waals surface area (Å²) in [4.78, 5) is 22.9. The van der Waals surface area contributed by atoms with Crippen molar-refractivity contribution < 1.29 is 19.4 Å². The number of carboxylic acids is 1. The number of hydrogen-bond acceptors (Lipinski definition) is 3. The number of amides is 2. The summed E-state index contributed by atoms with van der Waals surface area (Å²) in [6.45, 7) is 4.89. The molecule has 1 heterocycles. The minimum absolute atomic E-state index is 0.0838. The van der Waals surface area contributed by atoms with Gasteiger partial charge in [0, 0.05) is 25.8 Å². The minimum Gasteiger partial charge on any atom is -0.481 e. The molecule has 1 aliphatic heterocycles. The maximum absolute atomic E-state index is 11.6. The Hall–Kier alpha value is -1.30. The minimum atomic E-state index is -0.884. The normalized spacial score (nSPS) is 19.9. The van der Waals surface area contributed by atoms with Crippen LogP contribution >= 0.6 is 0 Å². The topological polar surface area (TPSA) is 87.7 Å². The van der Waals surface area contributed by atoms with E-state index in [0.717, 1.165) is 6.42 Å². The summed E-state index contributed by atoms with van der Waals surface area (Å²) < 4.78 is 5.17. The molecule has 1 fully saturated rings. The molecule has 1 rings (SSSR count). The fourth-order valence-electron chi connectivity index (χ4n) is 1.85. The summed E-state index contributed by atoms with van der Waals surface area (Å²) in [5, 5.41) is 14.7. The molecule has 1 atom stereocenters. The Labute approximate surface area is 107 Å². The fraction of sp³-hybridized carbons (Fsp3) is 0.833. The van der Waals surface area contributed by atoms with Gasteiger partial charge in [-0.05, 0) is 26.2 Å². The quantitative estimate of drug-likeness (QED) is 0.685. The highest BCUT2D eigenvalue weighted by molar-refractivity contribution is 5.78. The van der Waals surface area contributed by atoms with Crippen LogP contribution in [-0.4, -0.2) is 42.9 Å². The maximum Gasteiger partial charge on any atom is 0.315 e. The second kappa shape index (κ2) is 6.58. The molecule has 1 unspecified atom stereocenters.